The van der Waals surface area contributed by atoms with E-state index in [0.29, 0.717) is 18.4 Å². The number of hydrogen-bond donors (Lipinski definition) is 5. The van der Waals surface area contributed by atoms with Crippen molar-refractivity contribution >= 4 is 23.9 Å². The predicted octanol–water partition coefficient (Wildman–Crippen LogP) is 4.65. The van der Waals surface area contributed by atoms with Crippen LogP contribution >= 0.6 is 0 Å². The van der Waals surface area contributed by atoms with Gasteiger partial charge in [0.2, 0.25) is 17.3 Å². The van der Waals surface area contributed by atoms with Crippen molar-refractivity contribution in [2.24, 2.45) is 5.92 Å². The first-order chi connectivity index (χ1) is 23.7. The first-order valence-electron chi connectivity index (χ1n) is 17.7. The molecule has 0 saturated carbocycles. The molecular weight excluding hydrogens is 652 g/mol. The van der Waals surface area contributed by atoms with Gasteiger partial charge in [-0.3, -0.25) is 4.79 Å². The molecule has 13 nitrogen and oxygen atoms in total. The summed E-state index contributed by atoms with van der Waals surface area (Å²) in [5.41, 5.74) is -5.25. The average Bonchev–Trinajstić information content (AvgIpc) is 3.26. The smallest absolute Gasteiger partial charge is 0.343 e. The SMILES string of the molecule is C=C(CCC12OC(C(=O)O)C(OCCCCCCCCCCCC)(C(=O)O)C(C(=O)O)(O1)[C@H](O)[C@H]2O)[C@@H](OC(C)=O)[C@H](C)Cc1ccccc1. The number of carbonyl (C=O) groups excluding carboxylic acids is 1. The Morgan fingerprint density at radius 3 is 1.98 bits per heavy atom. The summed E-state index contributed by atoms with van der Waals surface area (Å²) in [7, 11) is 0. The van der Waals surface area contributed by atoms with Crippen LogP contribution in [0, 0.1) is 5.92 Å². The van der Waals surface area contributed by atoms with Crippen molar-refractivity contribution in [1.29, 1.82) is 0 Å². The fourth-order valence-electron chi connectivity index (χ4n) is 7.22. The van der Waals surface area contributed by atoms with Crippen LogP contribution in [-0.4, -0.2) is 97.4 Å². The van der Waals surface area contributed by atoms with Crippen molar-refractivity contribution in [2.75, 3.05) is 6.61 Å². The number of aliphatic hydroxyl groups excluding tert-OH is 2. The van der Waals surface area contributed by atoms with Crippen LogP contribution in [-0.2, 0) is 44.5 Å². The fourth-order valence-corrected chi connectivity index (χ4v) is 7.22. The van der Waals surface area contributed by atoms with E-state index in [1.807, 2.05) is 37.3 Å². The van der Waals surface area contributed by atoms with Gasteiger partial charge in [0.15, 0.2) is 5.79 Å². The second kappa shape index (κ2) is 18.2. The van der Waals surface area contributed by atoms with E-state index in [9.17, 15) is 44.7 Å². The molecule has 280 valence electrons. The van der Waals surface area contributed by atoms with Crippen LogP contribution in [0.15, 0.2) is 42.5 Å². The molecule has 0 aliphatic carbocycles. The standard InChI is InChI=1S/C37H54O13/c1-5-6-7-8-9-10-11-12-13-17-22-47-37(34(45)46)31(32(41)42)49-35(29(39)30(40)36(37,50-35)33(43)44)21-20-24(2)28(48-26(4)38)25(3)23-27-18-15-14-16-19-27/h14-16,18-19,25,28-31,39-40H,2,5-13,17,20-23H2,1,3-4H3,(H,41,42)(H,43,44)(H,45,46)/t25-,28-,29-,30-,31?,35?,36?,37?/m1/s1. The van der Waals surface area contributed by atoms with E-state index in [0.717, 1.165) is 37.7 Å². The zero-order chi connectivity index (χ0) is 37.1. The zero-order valence-corrected chi connectivity index (χ0v) is 29.4. The number of benzene rings is 1. The highest BCUT2D eigenvalue weighted by molar-refractivity contribution is 5.98. The summed E-state index contributed by atoms with van der Waals surface area (Å²) in [5.74, 6) is -9.34. The normalized spacial score (nSPS) is 28.5. The van der Waals surface area contributed by atoms with E-state index in [1.165, 1.54) is 26.2 Å². The van der Waals surface area contributed by atoms with Gasteiger partial charge in [0.25, 0.3) is 0 Å². The number of unbranched alkanes of at least 4 members (excludes halogenated alkanes) is 9. The zero-order valence-electron chi connectivity index (χ0n) is 29.4. The summed E-state index contributed by atoms with van der Waals surface area (Å²) < 4.78 is 22.8. The van der Waals surface area contributed by atoms with Crippen LogP contribution in [0.2, 0.25) is 0 Å². The molecule has 1 aromatic rings. The number of carbonyl (C=O) groups is 4. The van der Waals surface area contributed by atoms with Crippen molar-refractivity contribution in [2.45, 2.75) is 146 Å². The highest BCUT2D eigenvalue weighted by Crippen LogP contribution is 2.56. The van der Waals surface area contributed by atoms with E-state index in [2.05, 4.69) is 13.5 Å². The minimum Gasteiger partial charge on any atom is -0.479 e. The van der Waals surface area contributed by atoms with Crippen LogP contribution in [0.25, 0.3) is 0 Å². The highest BCUT2D eigenvalue weighted by Gasteiger charge is 2.85. The van der Waals surface area contributed by atoms with Crippen LogP contribution in [0.5, 0.6) is 0 Å². The van der Waals surface area contributed by atoms with Crippen molar-refractivity contribution in [1.82, 2.24) is 0 Å². The summed E-state index contributed by atoms with van der Waals surface area (Å²) in [6, 6.07) is 9.42. The van der Waals surface area contributed by atoms with Crippen molar-refractivity contribution in [3.8, 4) is 0 Å². The van der Waals surface area contributed by atoms with Crippen LogP contribution in [0.1, 0.15) is 103 Å². The molecule has 13 heteroatoms. The molecular formula is C37H54O13. The monoisotopic (exact) mass is 706 g/mol. The third-order valence-electron chi connectivity index (χ3n) is 9.83. The molecule has 2 saturated heterocycles. The number of carboxylic acids is 3. The number of aliphatic hydroxyl groups is 2. The predicted molar refractivity (Wildman–Crippen MR) is 180 cm³/mol. The Kier molecular flexibility index (Phi) is 15.0. The van der Waals surface area contributed by atoms with Crippen LogP contribution in [0.4, 0.5) is 0 Å². The quantitative estimate of drug-likeness (QED) is 0.0598. The van der Waals surface area contributed by atoms with Gasteiger partial charge >= 0.3 is 23.9 Å². The van der Waals surface area contributed by atoms with Gasteiger partial charge in [0.1, 0.15) is 18.3 Å². The van der Waals surface area contributed by atoms with Gasteiger partial charge in [0.05, 0.1) is 0 Å². The maximum atomic E-state index is 13.0. The van der Waals surface area contributed by atoms with Crippen LogP contribution < -0.4 is 0 Å². The number of ether oxygens (including phenoxy) is 4. The second-order valence-electron chi connectivity index (χ2n) is 13.6. The molecule has 1 aromatic carbocycles. The number of rotatable bonds is 23. The Labute approximate surface area is 293 Å². The molecule has 50 heavy (non-hydrogen) atoms. The molecule has 0 amide bonds. The molecule has 5 N–H and O–H groups in total. The molecule has 8 atom stereocenters. The van der Waals surface area contributed by atoms with Gasteiger partial charge in [-0.1, -0.05) is 109 Å². The van der Waals surface area contributed by atoms with E-state index < -0.39 is 71.7 Å². The van der Waals surface area contributed by atoms with E-state index in [-0.39, 0.29) is 25.4 Å². The molecule has 2 heterocycles. The maximum absolute atomic E-state index is 13.0. The largest absolute Gasteiger partial charge is 0.479 e. The Morgan fingerprint density at radius 1 is 0.880 bits per heavy atom. The van der Waals surface area contributed by atoms with Crippen molar-refractivity contribution < 1.29 is 63.7 Å². The van der Waals surface area contributed by atoms with Gasteiger partial charge in [0, 0.05) is 25.9 Å². The van der Waals surface area contributed by atoms with Gasteiger partial charge in [-0.2, -0.15) is 0 Å². The Hall–Kier alpha value is -3.36. The van der Waals surface area contributed by atoms with E-state index in [1.54, 1.807) is 0 Å². The lowest BCUT2D eigenvalue weighted by Gasteiger charge is -2.50. The van der Waals surface area contributed by atoms with Gasteiger partial charge in [-0.05, 0) is 30.4 Å². The molecule has 0 radical (unpaired) electrons. The summed E-state index contributed by atoms with van der Waals surface area (Å²) in [5, 5.41) is 53.8. The maximum Gasteiger partial charge on any atom is 0.343 e. The summed E-state index contributed by atoms with van der Waals surface area (Å²) in [4.78, 5) is 50.7. The Balaban J connectivity index is 1.81. The summed E-state index contributed by atoms with van der Waals surface area (Å²) in [6.45, 7) is 8.91. The Morgan fingerprint density at radius 2 is 1.46 bits per heavy atom. The molecule has 0 aromatic heterocycles. The average molecular weight is 707 g/mol. The van der Waals surface area contributed by atoms with E-state index in [4.69, 9.17) is 18.9 Å². The first kappa shape index (κ1) is 41.1. The summed E-state index contributed by atoms with van der Waals surface area (Å²) >= 11 is 0. The molecule has 3 rings (SSSR count). The lowest BCUT2D eigenvalue weighted by atomic mass is 9.74. The number of esters is 1. The highest BCUT2D eigenvalue weighted by atomic mass is 16.8. The minimum absolute atomic E-state index is 0.150. The number of carboxylic acid groups (broad SMARTS) is 3. The van der Waals surface area contributed by atoms with Gasteiger partial charge in [-0.25, -0.2) is 14.4 Å². The third-order valence-corrected chi connectivity index (χ3v) is 9.83. The van der Waals surface area contributed by atoms with Crippen molar-refractivity contribution in [3.05, 3.63) is 48.0 Å². The van der Waals surface area contributed by atoms with Gasteiger partial charge in [-0.15, -0.1) is 0 Å². The number of fused-ring (bicyclic) bond motifs is 2. The second-order valence-corrected chi connectivity index (χ2v) is 13.6. The lowest BCUT2D eigenvalue weighted by molar-refractivity contribution is -0.380. The molecule has 0 spiro atoms. The molecule has 2 fully saturated rings. The molecule has 2 aliphatic rings. The van der Waals surface area contributed by atoms with Gasteiger partial charge < -0.3 is 44.5 Å². The van der Waals surface area contributed by atoms with Crippen LogP contribution in [0.3, 0.4) is 0 Å². The summed E-state index contributed by atoms with van der Waals surface area (Å²) in [6.07, 6.45) is 1.37. The number of aliphatic carboxylic acids is 3. The topological polar surface area (TPSA) is 206 Å². The lowest BCUT2D eigenvalue weighted by Crippen LogP contribution is -2.78. The van der Waals surface area contributed by atoms with E-state index >= 15 is 0 Å². The minimum atomic E-state index is -3.27. The Bertz CT molecular complexity index is 1320. The fraction of sp³-hybridized carbons (Fsp3) is 0.676. The third kappa shape index (κ3) is 8.74. The molecule has 2 bridgehead atoms. The first-order valence-corrected chi connectivity index (χ1v) is 17.7. The number of hydrogen-bond acceptors (Lipinski definition) is 10. The molecule has 2 aliphatic heterocycles. The molecule has 4 unspecified atom stereocenters. The van der Waals surface area contributed by atoms with Crippen molar-refractivity contribution in [3.63, 3.8) is 0 Å².